The van der Waals surface area contributed by atoms with Crippen LogP contribution >= 0.6 is 33.3 Å². The molecule has 0 fully saturated rings. The molecule has 0 aromatic rings. The van der Waals surface area contributed by atoms with Crippen molar-refractivity contribution in [2.75, 3.05) is 6.66 Å². The molecular formula is CH7Cl2OP. The van der Waals surface area contributed by atoms with Gasteiger partial charge in [-0.15, -0.1) is 24.8 Å². The molecule has 0 radical (unpaired) electrons. The van der Waals surface area contributed by atoms with E-state index in [9.17, 15) is 0 Å². The molecule has 0 saturated heterocycles. The molecule has 0 amide bonds. The molecule has 0 aliphatic carbocycles. The fraction of sp³-hybridized carbons (Fsp3) is 1.00. The molecule has 5 heavy (non-hydrogen) atoms. The summed E-state index contributed by atoms with van der Waals surface area (Å²) < 4.78 is 9.01. The Bertz CT molecular complexity index is 17.1. The molecule has 1 unspecified atom stereocenters. The first-order valence-electron chi connectivity index (χ1n) is 0.813. The second-order valence-corrected chi connectivity index (χ2v) is 0.707. The van der Waals surface area contributed by atoms with Gasteiger partial charge in [-0.05, 0) is 6.66 Å². The fourth-order valence-corrected chi connectivity index (χ4v) is 0. The third kappa shape index (κ3) is 57.9. The summed E-state index contributed by atoms with van der Waals surface area (Å²) in [4.78, 5) is 0. The summed E-state index contributed by atoms with van der Waals surface area (Å²) >= 11 is 0. The molecule has 0 spiro atoms. The molecule has 0 aromatic heterocycles. The summed E-state index contributed by atoms with van der Waals surface area (Å²) in [6.45, 7) is 1.65. The molecule has 0 aliphatic rings. The highest BCUT2D eigenvalue weighted by Gasteiger charge is 1.21. The van der Waals surface area contributed by atoms with Crippen LogP contribution in [0.3, 0.4) is 0 Å². The van der Waals surface area contributed by atoms with Gasteiger partial charge in [0, 0.05) is 0 Å². The quantitative estimate of drug-likeness (QED) is 0.458. The van der Waals surface area contributed by atoms with Gasteiger partial charge in [0.15, 0.2) is 0 Å². The van der Waals surface area contributed by atoms with Crippen molar-refractivity contribution in [1.82, 2.24) is 0 Å². The minimum Gasteiger partial charge on any atom is -0.330 e. The van der Waals surface area contributed by atoms with E-state index in [4.69, 9.17) is 4.57 Å². The normalized spacial score (nSPS) is 5.80. The van der Waals surface area contributed by atoms with Crippen molar-refractivity contribution >= 4 is 33.3 Å². The van der Waals surface area contributed by atoms with Gasteiger partial charge in [0.2, 0.25) is 0 Å². The molecule has 0 saturated carbocycles. The first-order valence-corrected chi connectivity index (χ1v) is 2.44. The lowest BCUT2D eigenvalue weighted by Gasteiger charge is -1.27. The molecule has 1 nitrogen and oxygen atoms in total. The van der Waals surface area contributed by atoms with Gasteiger partial charge in [-0.1, -0.05) is 0 Å². The molecule has 1 atom stereocenters. The first kappa shape index (κ1) is 17.0. The zero-order valence-electron chi connectivity index (χ0n) is 2.80. The van der Waals surface area contributed by atoms with Crippen molar-refractivity contribution in [3.63, 3.8) is 0 Å². The predicted octanol–water partition coefficient (Wildman–Crippen LogP) is 1.22. The Morgan fingerprint density at radius 1 is 1.40 bits per heavy atom. The van der Waals surface area contributed by atoms with E-state index in [0.29, 0.717) is 0 Å². The monoisotopic (exact) mass is 136 g/mol. The van der Waals surface area contributed by atoms with E-state index < -0.39 is 8.46 Å². The molecule has 0 aliphatic heterocycles. The van der Waals surface area contributed by atoms with E-state index in [1.807, 2.05) is 0 Å². The van der Waals surface area contributed by atoms with E-state index in [2.05, 4.69) is 0 Å². The standard InChI is InChI=1S/CH5OP.2ClH/c1-3-2;;/h3H2,1H3;2*1H. The third-order valence-electron chi connectivity index (χ3n) is 0. The average Bonchev–Trinajstić information content (AvgIpc) is 0.918. The number of hydrogen-bond acceptors (Lipinski definition) is 1. The van der Waals surface area contributed by atoms with Crippen molar-refractivity contribution in [3.05, 3.63) is 0 Å². The minimum atomic E-state index is -0.500. The Balaban J connectivity index is -0.0000000200. The molecule has 0 N–H and O–H groups in total. The van der Waals surface area contributed by atoms with E-state index in [1.54, 1.807) is 6.66 Å². The van der Waals surface area contributed by atoms with Crippen molar-refractivity contribution in [1.29, 1.82) is 0 Å². The second kappa shape index (κ2) is 21.3. The summed E-state index contributed by atoms with van der Waals surface area (Å²) in [5, 5.41) is 0. The molecule has 0 aromatic carbocycles. The maximum Gasteiger partial charge on any atom is 0.0616 e. The van der Waals surface area contributed by atoms with Crippen molar-refractivity contribution in [2.24, 2.45) is 0 Å². The van der Waals surface area contributed by atoms with Crippen LogP contribution in [0.4, 0.5) is 0 Å². The largest absolute Gasteiger partial charge is 0.330 e. The second-order valence-electron chi connectivity index (χ2n) is 0.236. The minimum absolute atomic E-state index is 0. The predicted molar refractivity (Wildman–Crippen MR) is 30.8 cm³/mol. The Morgan fingerprint density at radius 2 is 1.40 bits per heavy atom. The van der Waals surface area contributed by atoms with Crippen LogP contribution in [-0.2, 0) is 4.57 Å². The Morgan fingerprint density at radius 3 is 1.40 bits per heavy atom. The molecule has 0 heterocycles. The molecule has 0 bridgehead atoms. The van der Waals surface area contributed by atoms with E-state index >= 15 is 0 Å². The summed E-state index contributed by atoms with van der Waals surface area (Å²) in [7, 11) is -0.500. The maximum atomic E-state index is 9.01. The van der Waals surface area contributed by atoms with Gasteiger partial charge in [0.25, 0.3) is 0 Å². The Kier molecular flexibility index (Phi) is 72.6. The highest BCUT2D eigenvalue weighted by Crippen LogP contribution is 1.67. The van der Waals surface area contributed by atoms with Gasteiger partial charge in [0.05, 0.1) is 8.46 Å². The topological polar surface area (TPSA) is 17.1 Å². The smallest absolute Gasteiger partial charge is 0.0616 e. The zero-order chi connectivity index (χ0) is 2.71. The summed E-state index contributed by atoms with van der Waals surface area (Å²) in [6, 6.07) is 0. The van der Waals surface area contributed by atoms with Gasteiger partial charge in [0.1, 0.15) is 0 Å². The SMILES string of the molecule is C[PH2]=O.Cl.Cl. The van der Waals surface area contributed by atoms with Crippen LogP contribution in [-0.4, -0.2) is 6.66 Å². The molecular weight excluding hydrogens is 130 g/mol. The van der Waals surface area contributed by atoms with Crippen LogP contribution in [0.5, 0.6) is 0 Å². The number of hydrogen-bond donors (Lipinski definition) is 0. The number of rotatable bonds is 0. The van der Waals surface area contributed by atoms with Crippen LogP contribution in [0.1, 0.15) is 0 Å². The van der Waals surface area contributed by atoms with Gasteiger partial charge in [-0.2, -0.15) is 0 Å². The van der Waals surface area contributed by atoms with E-state index in [-0.39, 0.29) is 24.8 Å². The fourth-order valence-electron chi connectivity index (χ4n) is 0. The lowest BCUT2D eigenvalue weighted by atomic mass is 12.0. The molecule has 0 rings (SSSR count). The average molecular weight is 137 g/mol. The Labute approximate surface area is 45.2 Å². The zero-order valence-corrected chi connectivity index (χ0v) is 5.59. The lowest BCUT2D eigenvalue weighted by Crippen LogP contribution is -0.988. The lowest BCUT2D eigenvalue weighted by molar-refractivity contribution is 0.601. The highest BCUT2D eigenvalue weighted by molar-refractivity contribution is 7.22. The molecule has 36 valence electrons. The van der Waals surface area contributed by atoms with Crippen molar-refractivity contribution in [2.45, 2.75) is 0 Å². The maximum absolute atomic E-state index is 9.01. The summed E-state index contributed by atoms with van der Waals surface area (Å²) in [6.07, 6.45) is 0. The third-order valence-corrected chi connectivity index (χ3v) is 0. The molecule has 4 heteroatoms. The van der Waals surface area contributed by atoms with Crippen LogP contribution in [0.15, 0.2) is 0 Å². The Hall–Kier alpha value is 0.810. The highest BCUT2D eigenvalue weighted by atomic mass is 35.5. The van der Waals surface area contributed by atoms with Crippen LogP contribution < -0.4 is 0 Å². The van der Waals surface area contributed by atoms with Gasteiger partial charge < -0.3 is 4.57 Å². The van der Waals surface area contributed by atoms with Gasteiger partial charge in [-0.3, -0.25) is 0 Å². The van der Waals surface area contributed by atoms with Gasteiger partial charge >= 0.3 is 0 Å². The van der Waals surface area contributed by atoms with Crippen molar-refractivity contribution < 1.29 is 4.57 Å². The first-order chi connectivity index (χ1) is 1.41. The summed E-state index contributed by atoms with van der Waals surface area (Å²) in [5.74, 6) is 0. The van der Waals surface area contributed by atoms with Crippen LogP contribution in [0, 0.1) is 0 Å². The van der Waals surface area contributed by atoms with E-state index in [0.717, 1.165) is 0 Å². The number of halogens is 2. The van der Waals surface area contributed by atoms with Crippen molar-refractivity contribution in [3.8, 4) is 0 Å². The van der Waals surface area contributed by atoms with Crippen LogP contribution in [0.25, 0.3) is 0 Å². The van der Waals surface area contributed by atoms with Gasteiger partial charge in [-0.25, -0.2) is 0 Å². The van der Waals surface area contributed by atoms with Crippen LogP contribution in [0.2, 0.25) is 0 Å². The summed E-state index contributed by atoms with van der Waals surface area (Å²) in [5.41, 5.74) is 0. The van der Waals surface area contributed by atoms with E-state index in [1.165, 1.54) is 0 Å².